The van der Waals surface area contributed by atoms with Gasteiger partial charge in [-0.1, -0.05) is 23.7 Å². The van der Waals surface area contributed by atoms with E-state index in [1.165, 1.54) is 7.11 Å². The molecule has 2 aromatic rings. The maximum absolute atomic E-state index is 11.7. The van der Waals surface area contributed by atoms with Crippen molar-refractivity contribution in [2.45, 2.75) is 6.92 Å². The van der Waals surface area contributed by atoms with E-state index in [0.717, 1.165) is 11.3 Å². The highest BCUT2D eigenvalue weighted by atomic mass is 35.5. The maximum atomic E-state index is 11.7. The molecule has 0 unspecified atom stereocenters. The van der Waals surface area contributed by atoms with Gasteiger partial charge in [-0.3, -0.25) is 0 Å². The first-order valence-electron chi connectivity index (χ1n) is 7.07. The zero-order valence-electron chi connectivity index (χ0n) is 12.9. The summed E-state index contributed by atoms with van der Waals surface area (Å²) in [4.78, 5) is 11.7. The molecule has 120 valence electrons. The van der Waals surface area contributed by atoms with Gasteiger partial charge in [0.05, 0.1) is 19.3 Å². The molecule has 0 aliphatic heterocycles. The quantitative estimate of drug-likeness (QED) is 0.630. The fourth-order valence-electron chi connectivity index (χ4n) is 2.14. The Labute approximate surface area is 139 Å². The third kappa shape index (κ3) is 4.27. The molecule has 0 aliphatic carbocycles. The van der Waals surface area contributed by atoms with Crippen LogP contribution >= 0.6 is 11.6 Å². The van der Waals surface area contributed by atoms with Gasteiger partial charge in [-0.05, 0) is 48.9 Å². The third-order valence-electron chi connectivity index (χ3n) is 3.18. The van der Waals surface area contributed by atoms with Crippen molar-refractivity contribution in [2.75, 3.05) is 13.7 Å². The second kappa shape index (κ2) is 7.70. The number of aliphatic carboxylic acids is 1. The predicted octanol–water partition coefficient (Wildman–Crippen LogP) is 4.37. The fraction of sp³-hybridized carbons (Fsp3) is 0.167. The molecular weight excluding hydrogens is 316 g/mol. The Bertz CT molecular complexity index is 720. The average molecular weight is 333 g/mol. The molecule has 0 bridgehead atoms. The van der Waals surface area contributed by atoms with Crippen LogP contribution in [0.25, 0.3) is 11.6 Å². The Morgan fingerprint density at radius 3 is 2.48 bits per heavy atom. The van der Waals surface area contributed by atoms with Crippen LogP contribution in [-0.2, 0) is 4.79 Å². The van der Waals surface area contributed by atoms with Crippen LogP contribution in [0.15, 0.2) is 42.5 Å². The minimum Gasteiger partial charge on any atom is -0.496 e. The van der Waals surface area contributed by atoms with E-state index in [0.29, 0.717) is 22.9 Å². The van der Waals surface area contributed by atoms with Crippen LogP contribution in [0.4, 0.5) is 0 Å². The number of hydrogen-bond donors (Lipinski definition) is 1. The van der Waals surface area contributed by atoms with Gasteiger partial charge in [0.2, 0.25) is 0 Å². The Morgan fingerprint density at radius 1 is 1.22 bits per heavy atom. The summed E-state index contributed by atoms with van der Waals surface area (Å²) in [6, 6.07) is 12.1. The van der Waals surface area contributed by atoms with Crippen molar-refractivity contribution in [1.29, 1.82) is 0 Å². The number of carbonyl (C=O) groups is 1. The summed E-state index contributed by atoms with van der Waals surface area (Å²) in [5.41, 5.74) is 1.28. The summed E-state index contributed by atoms with van der Waals surface area (Å²) < 4.78 is 10.6. The van der Waals surface area contributed by atoms with Gasteiger partial charge in [0.15, 0.2) is 0 Å². The molecule has 0 atom stereocenters. The normalized spacial score (nSPS) is 11.2. The number of ether oxygens (including phenoxy) is 2. The molecule has 0 amide bonds. The third-order valence-corrected chi connectivity index (χ3v) is 3.42. The summed E-state index contributed by atoms with van der Waals surface area (Å²) in [5, 5.41) is 9.99. The van der Waals surface area contributed by atoms with Gasteiger partial charge in [-0.25, -0.2) is 4.79 Å². The summed E-state index contributed by atoms with van der Waals surface area (Å²) in [7, 11) is 1.49. The summed E-state index contributed by atoms with van der Waals surface area (Å²) in [5.74, 6) is 0.135. The van der Waals surface area contributed by atoms with Crippen LogP contribution in [0.2, 0.25) is 5.02 Å². The Hall–Kier alpha value is -2.46. The largest absolute Gasteiger partial charge is 0.496 e. The average Bonchev–Trinajstić information content (AvgIpc) is 2.54. The van der Waals surface area contributed by atoms with Crippen LogP contribution in [0.3, 0.4) is 0 Å². The summed E-state index contributed by atoms with van der Waals surface area (Å²) >= 11 is 5.99. The zero-order valence-corrected chi connectivity index (χ0v) is 13.6. The fourth-order valence-corrected chi connectivity index (χ4v) is 2.31. The first-order valence-corrected chi connectivity index (χ1v) is 7.44. The van der Waals surface area contributed by atoms with E-state index in [1.54, 1.807) is 48.5 Å². The van der Waals surface area contributed by atoms with Gasteiger partial charge >= 0.3 is 5.97 Å². The monoisotopic (exact) mass is 332 g/mol. The standard InChI is InChI=1S/C18H17ClO4/c1-3-23-14-7-4-12(5-8-14)10-16(18(20)21)15-11-13(19)6-9-17(15)22-2/h4-11H,3H2,1-2H3,(H,20,21)/b16-10-. The van der Waals surface area contributed by atoms with Crippen molar-refractivity contribution in [3.8, 4) is 11.5 Å². The van der Waals surface area contributed by atoms with Crippen LogP contribution < -0.4 is 9.47 Å². The lowest BCUT2D eigenvalue weighted by atomic mass is 10.0. The van der Waals surface area contributed by atoms with E-state index < -0.39 is 5.97 Å². The van der Waals surface area contributed by atoms with E-state index in [-0.39, 0.29) is 5.57 Å². The highest BCUT2D eigenvalue weighted by Crippen LogP contribution is 2.31. The Balaban J connectivity index is 2.46. The number of carboxylic acids is 1. The Kier molecular flexibility index (Phi) is 5.66. The number of benzene rings is 2. The van der Waals surface area contributed by atoms with E-state index in [9.17, 15) is 9.90 Å². The van der Waals surface area contributed by atoms with Crippen LogP contribution in [0, 0.1) is 0 Å². The lowest BCUT2D eigenvalue weighted by Gasteiger charge is -2.10. The van der Waals surface area contributed by atoms with Crippen LogP contribution in [0.1, 0.15) is 18.1 Å². The van der Waals surface area contributed by atoms with Gasteiger partial charge in [-0.2, -0.15) is 0 Å². The molecule has 4 nitrogen and oxygen atoms in total. The molecule has 0 radical (unpaired) electrons. The molecule has 0 heterocycles. The SMILES string of the molecule is CCOc1ccc(/C=C(\C(=O)O)c2cc(Cl)ccc2OC)cc1. The molecule has 2 rings (SSSR count). The molecule has 2 aromatic carbocycles. The first-order chi connectivity index (χ1) is 11.0. The minimum atomic E-state index is -1.06. The van der Waals surface area contributed by atoms with Gasteiger partial charge in [0.1, 0.15) is 11.5 Å². The van der Waals surface area contributed by atoms with E-state index in [4.69, 9.17) is 21.1 Å². The molecule has 0 spiro atoms. The molecule has 5 heteroatoms. The van der Waals surface area contributed by atoms with Gasteiger partial charge in [0.25, 0.3) is 0 Å². The van der Waals surface area contributed by atoms with E-state index in [2.05, 4.69) is 0 Å². The second-order valence-corrected chi connectivity index (χ2v) is 5.15. The van der Waals surface area contributed by atoms with Crippen molar-refractivity contribution in [3.63, 3.8) is 0 Å². The molecule has 0 saturated carbocycles. The molecule has 0 fully saturated rings. The van der Waals surface area contributed by atoms with Crippen molar-refractivity contribution in [1.82, 2.24) is 0 Å². The molecule has 23 heavy (non-hydrogen) atoms. The lowest BCUT2D eigenvalue weighted by Crippen LogP contribution is -2.02. The van der Waals surface area contributed by atoms with Gasteiger partial charge in [0, 0.05) is 10.6 Å². The van der Waals surface area contributed by atoms with Gasteiger partial charge < -0.3 is 14.6 Å². The number of rotatable bonds is 6. The van der Waals surface area contributed by atoms with Crippen LogP contribution in [0.5, 0.6) is 11.5 Å². The maximum Gasteiger partial charge on any atom is 0.336 e. The van der Waals surface area contributed by atoms with E-state index >= 15 is 0 Å². The van der Waals surface area contributed by atoms with E-state index in [1.807, 2.05) is 6.92 Å². The zero-order chi connectivity index (χ0) is 16.8. The van der Waals surface area contributed by atoms with Crippen molar-refractivity contribution >= 4 is 29.2 Å². The molecule has 1 N–H and O–H groups in total. The lowest BCUT2D eigenvalue weighted by molar-refractivity contribution is -0.130. The second-order valence-electron chi connectivity index (χ2n) is 4.71. The van der Waals surface area contributed by atoms with Crippen molar-refractivity contribution in [2.24, 2.45) is 0 Å². The van der Waals surface area contributed by atoms with Crippen molar-refractivity contribution in [3.05, 3.63) is 58.6 Å². The number of hydrogen-bond acceptors (Lipinski definition) is 3. The van der Waals surface area contributed by atoms with Crippen LogP contribution in [-0.4, -0.2) is 24.8 Å². The number of carboxylic acid groups (broad SMARTS) is 1. The highest BCUT2D eigenvalue weighted by Gasteiger charge is 2.16. The molecule has 0 aromatic heterocycles. The Morgan fingerprint density at radius 2 is 1.91 bits per heavy atom. The van der Waals surface area contributed by atoms with Gasteiger partial charge in [-0.15, -0.1) is 0 Å². The summed E-state index contributed by atoms with van der Waals surface area (Å²) in [6.07, 6.45) is 1.58. The topological polar surface area (TPSA) is 55.8 Å². The highest BCUT2D eigenvalue weighted by molar-refractivity contribution is 6.31. The molecule has 0 aliphatic rings. The number of methoxy groups -OCH3 is 1. The molecular formula is C18H17ClO4. The number of halogens is 1. The summed E-state index contributed by atoms with van der Waals surface area (Å²) in [6.45, 7) is 2.48. The molecule has 0 saturated heterocycles. The van der Waals surface area contributed by atoms with Crippen molar-refractivity contribution < 1.29 is 19.4 Å². The smallest absolute Gasteiger partial charge is 0.336 e. The first kappa shape index (κ1) is 16.9. The predicted molar refractivity (Wildman–Crippen MR) is 91.1 cm³/mol. The minimum absolute atomic E-state index is 0.105.